The van der Waals surface area contributed by atoms with Crippen LogP contribution in [-0.4, -0.2) is 27.7 Å². The van der Waals surface area contributed by atoms with Crippen molar-refractivity contribution in [2.24, 2.45) is 0 Å². The Morgan fingerprint density at radius 2 is 2.03 bits per heavy atom. The van der Waals surface area contributed by atoms with Gasteiger partial charge in [0.25, 0.3) is 0 Å². The molecule has 3 aromatic heterocycles. The maximum absolute atomic E-state index is 11.9. The molecule has 1 saturated heterocycles. The minimum Gasteiger partial charge on any atom is -0.495 e. The fourth-order valence-electron chi connectivity index (χ4n) is 5.01. The van der Waals surface area contributed by atoms with Crippen LogP contribution in [0.1, 0.15) is 47.4 Å². The van der Waals surface area contributed by atoms with Crippen LogP contribution >= 0.6 is 12.2 Å². The number of carbonyl (C=O) groups excluding carboxylic acids is 1. The van der Waals surface area contributed by atoms with E-state index >= 15 is 0 Å². The zero-order valence-corrected chi connectivity index (χ0v) is 22.0. The van der Waals surface area contributed by atoms with E-state index in [0.717, 1.165) is 34.1 Å². The number of ether oxygens (including phenoxy) is 1. The largest absolute Gasteiger partial charge is 0.495 e. The number of anilines is 2. The van der Waals surface area contributed by atoms with Crippen molar-refractivity contribution in [1.82, 2.24) is 14.9 Å². The molecule has 8 nitrogen and oxygen atoms in total. The molecule has 1 fully saturated rings. The molecule has 0 aliphatic carbocycles. The second kappa shape index (κ2) is 10.1. The van der Waals surface area contributed by atoms with E-state index in [0.29, 0.717) is 23.1 Å². The highest BCUT2D eigenvalue weighted by molar-refractivity contribution is 7.80. The van der Waals surface area contributed by atoms with Crippen molar-refractivity contribution in [2.75, 3.05) is 17.3 Å². The molecule has 0 saturated carbocycles. The molecule has 1 amide bonds. The van der Waals surface area contributed by atoms with Crippen LogP contribution in [-0.2, 0) is 11.3 Å². The number of nitrogens with one attached hydrogen (secondary N) is 2. The number of aromatic nitrogens is 2. The van der Waals surface area contributed by atoms with Gasteiger partial charge in [0.15, 0.2) is 5.11 Å². The van der Waals surface area contributed by atoms with Gasteiger partial charge in [0.1, 0.15) is 11.5 Å². The van der Waals surface area contributed by atoms with Crippen molar-refractivity contribution < 1.29 is 13.9 Å². The number of furan rings is 1. The Hall–Kier alpha value is -4.11. The monoisotopic (exact) mass is 515 g/mol. The molecule has 9 heteroatoms. The van der Waals surface area contributed by atoms with Crippen molar-refractivity contribution in [1.29, 1.82) is 0 Å². The van der Waals surface area contributed by atoms with E-state index in [1.807, 2.05) is 48.5 Å². The van der Waals surface area contributed by atoms with Gasteiger partial charge < -0.3 is 29.3 Å². The molecule has 190 valence electrons. The Labute approximate surface area is 221 Å². The highest BCUT2D eigenvalue weighted by Crippen LogP contribution is 2.44. The van der Waals surface area contributed by atoms with Gasteiger partial charge in [-0.3, -0.25) is 9.78 Å². The third-order valence-electron chi connectivity index (χ3n) is 6.70. The lowest BCUT2D eigenvalue weighted by atomic mass is 9.96. The first-order valence-corrected chi connectivity index (χ1v) is 12.4. The van der Waals surface area contributed by atoms with Crippen molar-refractivity contribution in [3.63, 3.8) is 0 Å². The fraction of sp³-hybridized carbons (Fsp3) is 0.250. The number of methoxy groups -OCH3 is 1. The Balaban J connectivity index is 1.63. The molecule has 37 heavy (non-hydrogen) atoms. The SMILES string of the molecule is COc1ccc(N2C(=S)N[C@H](c3ccccn3)[C@H]2c2cc(C)n(Cc3ccco3)c2C)cc1NC(C)=O. The molecule has 1 aromatic carbocycles. The molecule has 4 heterocycles. The summed E-state index contributed by atoms with van der Waals surface area (Å²) in [7, 11) is 1.58. The zero-order valence-electron chi connectivity index (χ0n) is 21.2. The Kier molecular flexibility index (Phi) is 6.71. The summed E-state index contributed by atoms with van der Waals surface area (Å²) in [6, 6.07) is 17.3. The van der Waals surface area contributed by atoms with Crippen LogP contribution in [0.5, 0.6) is 5.75 Å². The van der Waals surface area contributed by atoms with Gasteiger partial charge in [0, 0.05) is 30.2 Å². The minimum atomic E-state index is -0.183. The van der Waals surface area contributed by atoms with E-state index in [4.69, 9.17) is 21.4 Å². The van der Waals surface area contributed by atoms with Crippen LogP contribution in [0, 0.1) is 13.8 Å². The fourth-order valence-corrected chi connectivity index (χ4v) is 5.36. The van der Waals surface area contributed by atoms with Crippen LogP contribution in [0.4, 0.5) is 11.4 Å². The van der Waals surface area contributed by atoms with Gasteiger partial charge in [0.2, 0.25) is 5.91 Å². The van der Waals surface area contributed by atoms with Crippen molar-refractivity contribution in [2.45, 2.75) is 39.4 Å². The van der Waals surface area contributed by atoms with Crippen molar-refractivity contribution >= 4 is 34.6 Å². The first-order valence-electron chi connectivity index (χ1n) is 12.0. The van der Waals surface area contributed by atoms with Crippen LogP contribution < -0.4 is 20.3 Å². The summed E-state index contributed by atoms with van der Waals surface area (Å²) in [4.78, 5) is 18.6. The van der Waals surface area contributed by atoms with Gasteiger partial charge in [-0.2, -0.15) is 0 Å². The summed E-state index contributed by atoms with van der Waals surface area (Å²) < 4.78 is 13.4. The van der Waals surface area contributed by atoms with Crippen LogP contribution in [0.25, 0.3) is 0 Å². The second-order valence-electron chi connectivity index (χ2n) is 9.05. The van der Waals surface area contributed by atoms with Gasteiger partial charge in [0.05, 0.1) is 43.4 Å². The number of hydrogen-bond donors (Lipinski definition) is 2. The lowest BCUT2D eigenvalue weighted by molar-refractivity contribution is -0.114. The number of aryl methyl sites for hydroxylation is 1. The summed E-state index contributed by atoms with van der Waals surface area (Å²) >= 11 is 5.89. The van der Waals surface area contributed by atoms with Gasteiger partial charge >= 0.3 is 0 Å². The standard InChI is InChI=1S/C28H29N5O3S/c1-17-14-22(18(2)32(17)16-21-8-7-13-36-21)27-26(23-9-5-6-12-29-23)31-28(37)33(27)20-10-11-25(35-4)24(15-20)30-19(3)34/h5-15,26-27H,16H2,1-4H3,(H,30,34)(H,31,37)/t26-,27-/m1/s1. The lowest BCUT2D eigenvalue weighted by Gasteiger charge is -2.29. The third kappa shape index (κ3) is 4.70. The molecule has 0 radical (unpaired) electrons. The number of carbonyl (C=O) groups is 1. The summed E-state index contributed by atoms with van der Waals surface area (Å²) in [5, 5.41) is 6.95. The summed E-state index contributed by atoms with van der Waals surface area (Å²) in [5.41, 5.74) is 5.68. The van der Waals surface area contributed by atoms with Crippen LogP contribution in [0.2, 0.25) is 0 Å². The first-order chi connectivity index (χ1) is 17.9. The van der Waals surface area contributed by atoms with E-state index < -0.39 is 0 Å². The van der Waals surface area contributed by atoms with Crippen molar-refractivity contribution in [3.05, 3.63) is 95.5 Å². The van der Waals surface area contributed by atoms with E-state index in [1.165, 1.54) is 6.92 Å². The minimum absolute atomic E-state index is 0.179. The third-order valence-corrected chi connectivity index (χ3v) is 7.01. The average Bonchev–Trinajstić information content (AvgIpc) is 3.59. The molecule has 1 aliphatic heterocycles. The molecule has 2 atom stereocenters. The van der Waals surface area contributed by atoms with Gasteiger partial charge in [-0.15, -0.1) is 0 Å². The Morgan fingerprint density at radius 3 is 2.70 bits per heavy atom. The van der Waals surface area contributed by atoms with Crippen LogP contribution in [0.3, 0.4) is 0 Å². The maximum Gasteiger partial charge on any atom is 0.221 e. The number of benzene rings is 1. The predicted molar refractivity (Wildman–Crippen MR) is 147 cm³/mol. The summed E-state index contributed by atoms with van der Waals surface area (Å²) in [6.07, 6.45) is 3.49. The van der Waals surface area contributed by atoms with E-state index in [1.54, 1.807) is 19.6 Å². The topological polar surface area (TPSA) is 84.6 Å². The van der Waals surface area contributed by atoms with Gasteiger partial charge in [-0.1, -0.05) is 6.07 Å². The summed E-state index contributed by atoms with van der Waals surface area (Å²) in [6.45, 7) is 6.33. The number of nitrogens with zero attached hydrogens (tertiary/aromatic N) is 3. The summed E-state index contributed by atoms with van der Waals surface area (Å²) in [5.74, 6) is 1.29. The molecule has 2 N–H and O–H groups in total. The highest BCUT2D eigenvalue weighted by Gasteiger charge is 2.42. The highest BCUT2D eigenvalue weighted by atomic mass is 32.1. The van der Waals surface area contributed by atoms with Gasteiger partial charge in [-0.05, 0) is 80.2 Å². The maximum atomic E-state index is 11.9. The smallest absolute Gasteiger partial charge is 0.221 e. The molecule has 5 rings (SSSR count). The normalized spacial score (nSPS) is 17.1. The average molecular weight is 516 g/mol. The number of hydrogen-bond acceptors (Lipinski definition) is 5. The Morgan fingerprint density at radius 1 is 1.19 bits per heavy atom. The second-order valence-corrected chi connectivity index (χ2v) is 9.44. The van der Waals surface area contributed by atoms with E-state index in [2.05, 4.69) is 45.0 Å². The van der Waals surface area contributed by atoms with E-state index in [9.17, 15) is 4.79 Å². The van der Waals surface area contributed by atoms with Crippen molar-refractivity contribution in [3.8, 4) is 5.75 Å². The molecule has 1 aliphatic rings. The number of thiocarbonyl (C=S) groups is 1. The van der Waals surface area contributed by atoms with Gasteiger partial charge in [-0.25, -0.2) is 0 Å². The lowest BCUT2D eigenvalue weighted by Crippen LogP contribution is -2.29. The molecule has 0 spiro atoms. The number of amides is 1. The molecule has 0 bridgehead atoms. The number of rotatable bonds is 7. The molecular formula is C28H29N5O3S. The Bertz CT molecular complexity index is 1430. The van der Waals surface area contributed by atoms with Crippen LogP contribution in [0.15, 0.2) is 71.5 Å². The number of pyridine rings is 1. The molecule has 0 unspecified atom stereocenters. The molecular weight excluding hydrogens is 486 g/mol. The first kappa shape index (κ1) is 24.6. The van der Waals surface area contributed by atoms with E-state index in [-0.39, 0.29) is 18.0 Å². The quantitative estimate of drug-likeness (QED) is 0.324. The zero-order chi connectivity index (χ0) is 26.1. The predicted octanol–water partition coefficient (Wildman–Crippen LogP) is 5.29. The molecule has 4 aromatic rings.